The minimum absolute atomic E-state index is 0.278. The van der Waals surface area contributed by atoms with Crippen molar-refractivity contribution in [2.75, 3.05) is 26.3 Å². The highest BCUT2D eigenvalue weighted by Gasteiger charge is 2.40. The van der Waals surface area contributed by atoms with E-state index in [4.69, 9.17) is 14.6 Å². The van der Waals surface area contributed by atoms with Crippen molar-refractivity contribution < 1.29 is 24.2 Å². The summed E-state index contributed by atoms with van der Waals surface area (Å²) in [6.45, 7) is 2.27. The van der Waals surface area contributed by atoms with Gasteiger partial charge in [0.05, 0.1) is 13.2 Å². The van der Waals surface area contributed by atoms with Crippen LogP contribution in [0.4, 0.5) is 0 Å². The minimum Gasteiger partial charge on any atom is -0.478 e. The summed E-state index contributed by atoms with van der Waals surface area (Å²) in [5.41, 5.74) is 0. The molecule has 2 fully saturated rings. The second kappa shape index (κ2) is 4.85. The summed E-state index contributed by atoms with van der Waals surface area (Å²) in [5.74, 6) is -1.90. The highest BCUT2D eigenvalue weighted by atomic mass is 16.7. The maximum atomic E-state index is 11.6. The first-order chi connectivity index (χ1) is 8.11. The monoisotopic (exact) mass is 241 g/mol. The summed E-state index contributed by atoms with van der Waals surface area (Å²) in [6, 6.07) is 0. The van der Waals surface area contributed by atoms with Crippen LogP contribution >= 0.6 is 0 Å². The molecule has 17 heavy (non-hydrogen) atoms. The molecule has 0 aromatic carbocycles. The fraction of sp³-hybridized carbons (Fsp3) is 0.636. The Balaban J connectivity index is 1.86. The van der Waals surface area contributed by atoms with Gasteiger partial charge in [-0.2, -0.15) is 0 Å². The summed E-state index contributed by atoms with van der Waals surface area (Å²) in [5, 5.41) is 8.43. The van der Waals surface area contributed by atoms with E-state index in [0.717, 1.165) is 12.2 Å². The highest BCUT2D eigenvalue weighted by Crippen LogP contribution is 2.31. The molecule has 0 bridgehead atoms. The summed E-state index contributed by atoms with van der Waals surface area (Å²) < 4.78 is 11.1. The van der Waals surface area contributed by atoms with Crippen molar-refractivity contribution in [1.29, 1.82) is 0 Å². The van der Waals surface area contributed by atoms with Crippen LogP contribution < -0.4 is 0 Å². The Kier molecular flexibility index (Phi) is 3.44. The Labute approximate surface area is 98.8 Å². The number of carboxylic acid groups (broad SMARTS) is 1. The van der Waals surface area contributed by atoms with Gasteiger partial charge in [0.2, 0.25) is 5.91 Å². The normalized spacial score (nSPS) is 23.4. The average molecular weight is 241 g/mol. The van der Waals surface area contributed by atoms with Crippen molar-refractivity contribution in [3.63, 3.8) is 0 Å². The Hall–Kier alpha value is -1.40. The number of hydrogen-bond donors (Lipinski definition) is 1. The van der Waals surface area contributed by atoms with E-state index in [1.54, 1.807) is 4.90 Å². The molecule has 94 valence electrons. The van der Waals surface area contributed by atoms with Gasteiger partial charge in [-0.3, -0.25) is 4.79 Å². The Morgan fingerprint density at radius 1 is 1.12 bits per heavy atom. The first kappa shape index (κ1) is 12.1. The van der Waals surface area contributed by atoms with E-state index in [0.29, 0.717) is 39.1 Å². The Bertz CT molecular complexity index is 336. The van der Waals surface area contributed by atoms with Crippen molar-refractivity contribution in [1.82, 2.24) is 4.90 Å². The molecule has 0 unspecified atom stereocenters. The maximum Gasteiger partial charge on any atom is 0.328 e. The molecule has 0 aromatic rings. The van der Waals surface area contributed by atoms with Gasteiger partial charge < -0.3 is 19.5 Å². The zero-order chi connectivity index (χ0) is 12.3. The van der Waals surface area contributed by atoms with Crippen LogP contribution in [0.15, 0.2) is 12.2 Å². The highest BCUT2D eigenvalue weighted by molar-refractivity contribution is 5.93. The molecule has 6 heteroatoms. The lowest BCUT2D eigenvalue weighted by Gasteiger charge is -2.37. The molecule has 1 N–H and O–H groups in total. The number of piperidine rings is 1. The number of carbonyl (C=O) groups excluding carboxylic acids is 1. The lowest BCUT2D eigenvalue weighted by atomic mass is 10.0. The summed E-state index contributed by atoms with van der Waals surface area (Å²) in [6.07, 6.45) is 3.21. The molecule has 0 radical (unpaired) electrons. The second-order valence-corrected chi connectivity index (χ2v) is 4.10. The summed E-state index contributed by atoms with van der Waals surface area (Å²) in [4.78, 5) is 23.5. The molecule has 2 saturated heterocycles. The van der Waals surface area contributed by atoms with Crippen LogP contribution in [0, 0.1) is 0 Å². The van der Waals surface area contributed by atoms with E-state index in [9.17, 15) is 9.59 Å². The van der Waals surface area contributed by atoms with Crippen LogP contribution in [-0.4, -0.2) is 54.0 Å². The van der Waals surface area contributed by atoms with E-state index in [1.165, 1.54) is 0 Å². The number of ether oxygens (including phenoxy) is 2. The molecule has 2 heterocycles. The number of likely N-dealkylation sites (tertiary alicyclic amines) is 1. The number of carbonyl (C=O) groups is 2. The van der Waals surface area contributed by atoms with E-state index in [2.05, 4.69) is 0 Å². The Morgan fingerprint density at radius 2 is 1.71 bits per heavy atom. The topological polar surface area (TPSA) is 76.1 Å². The predicted molar refractivity (Wildman–Crippen MR) is 57.2 cm³/mol. The minimum atomic E-state index is -1.12. The molecule has 2 aliphatic heterocycles. The van der Waals surface area contributed by atoms with Gasteiger partial charge in [0.25, 0.3) is 0 Å². The Morgan fingerprint density at radius 3 is 2.24 bits per heavy atom. The third-order valence-corrected chi connectivity index (χ3v) is 3.02. The summed E-state index contributed by atoms with van der Waals surface area (Å²) >= 11 is 0. The van der Waals surface area contributed by atoms with E-state index in [1.807, 2.05) is 0 Å². The largest absolute Gasteiger partial charge is 0.478 e. The number of rotatable bonds is 2. The molecule has 0 atom stereocenters. The van der Waals surface area contributed by atoms with Crippen LogP contribution in [0.25, 0.3) is 0 Å². The zero-order valence-corrected chi connectivity index (χ0v) is 9.42. The molecule has 2 aliphatic rings. The SMILES string of the molecule is O=C(O)/C=C/C(=O)N1CCC2(CC1)OCCO2. The lowest BCUT2D eigenvalue weighted by Crippen LogP contribution is -2.46. The zero-order valence-electron chi connectivity index (χ0n) is 9.42. The number of nitrogens with zero attached hydrogens (tertiary/aromatic N) is 1. The molecule has 1 amide bonds. The molecule has 0 aromatic heterocycles. The van der Waals surface area contributed by atoms with Gasteiger partial charge in [0.15, 0.2) is 5.79 Å². The molecule has 0 saturated carbocycles. The fourth-order valence-electron chi connectivity index (χ4n) is 2.10. The van der Waals surface area contributed by atoms with Gasteiger partial charge in [-0.05, 0) is 0 Å². The van der Waals surface area contributed by atoms with Gasteiger partial charge in [-0.1, -0.05) is 0 Å². The van der Waals surface area contributed by atoms with Crippen molar-refractivity contribution in [2.24, 2.45) is 0 Å². The van der Waals surface area contributed by atoms with E-state index >= 15 is 0 Å². The fourth-order valence-corrected chi connectivity index (χ4v) is 2.10. The van der Waals surface area contributed by atoms with Gasteiger partial charge >= 0.3 is 5.97 Å². The van der Waals surface area contributed by atoms with Gasteiger partial charge in [0, 0.05) is 38.1 Å². The first-order valence-electron chi connectivity index (χ1n) is 5.59. The predicted octanol–water partition coefficient (Wildman–Crippen LogP) is -0.00730. The second-order valence-electron chi connectivity index (χ2n) is 4.10. The maximum absolute atomic E-state index is 11.6. The van der Waals surface area contributed by atoms with Crippen LogP contribution in [-0.2, 0) is 19.1 Å². The van der Waals surface area contributed by atoms with Crippen LogP contribution in [0.3, 0.4) is 0 Å². The third kappa shape index (κ3) is 2.83. The van der Waals surface area contributed by atoms with Crippen LogP contribution in [0.1, 0.15) is 12.8 Å². The molecule has 6 nitrogen and oxygen atoms in total. The summed E-state index contributed by atoms with van der Waals surface area (Å²) in [7, 11) is 0. The smallest absolute Gasteiger partial charge is 0.328 e. The molecular formula is C11H15NO5. The quantitative estimate of drug-likeness (QED) is 0.688. The average Bonchev–Trinajstić information content (AvgIpc) is 2.75. The number of hydrogen-bond acceptors (Lipinski definition) is 4. The van der Waals surface area contributed by atoms with Gasteiger partial charge in [0.1, 0.15) is 0 Å². The van der Waals surface area contributed by atoms with Crippen molar-refractivity contribution >= 4 is 11.9 Å². The number of aliphatic carboxylic acids is 1. The molecule has 2 rings (SSSR count). The van der Waals surface area contributed by atoms with Crippen LogP contribution in [0.5, 0.6) is 0 Å². The van der Waals surface area contributed by atoms with Crippen LogP contribution in [0.2, 0.25) is 0 Å². The number of carboxylic acids is 1. The standard InChI is InChI=1S/C11H15NO5/c13-9(1-2-10(14)15)12-5-3-11(4-6-12)16-7-8-17-11/h1-2H,3-8H2,(H,14,15)/b2-1+. The first-order valence-corrected chi connectivity index (χ1v) is 5.59. The van der Waals surface area contributed by atoms with E-state index < -0.39 is 11.8 Å². The van der Waals surface area contributed by atoms with Gasteiger partial charge in [-0.15, -0.1) is 0 Å². The van der Waals surface area contributed by atoms with Crippen molar-refractivity contribution in [3.8, 4) is 0 Å². The lowest BCUT2D eigenvalue weighted by molar-refractivity contribution is -0.186. The van der Waals surface area contributed by atoms with Crippen molar-refractivity contribution in [3.05, 3.63) is 12.2 Å². The third-order valence-electron chi connectivity index (χ3n) is 3.02. The number of amides is 1. The molecule has 1 spiro atoms. The molecular weight excluding hydrogens is 226 g/mol. The van der Waals surface area contributed by atoms with E-state index in [-0.39, 0.29) is 5.91 Å². The van der Waals surface area contributed by atoms with Crippen molar-refractivity contribution in [2.45, 2.75) is 18.6 Å². The molecule has 0 aliphatic carbocycles. The van der Waals surface area contributed by atoms with Gasteiger partial charge in [-0.25, -0.2) is 4.79 Å².